The molecule has 2 aromatic rings. The summed E-state index contributed by atoms with van der Waals surface area (Å²) in [5, 5.41) is 9.74. The summed E-state index contributed by atoms with van der Waals surface area (Å²) in [4.78, 5) is 23.1. The molecule has 0 unspecified atom stereocenters. The van der Waals surface area contributed by atoms with Crippen molar-refractivity contribution in [1.82, 2.24) is 4.57 Å². The summed E-state index contributed by atoms with van der Waals surface area (Å²) in [5.74, 6) is -1.06. The Morgan fingerprint density at radius 3 is 2.72 bits per heavy atom. The van der Waals surface area contributed by atoms with Gasteiger partial charge < -0.3 is 9.67 Å². The number of aromatic nitrogens is 1. The van der Waals surface area contributed by atoms with Gasteiger partial charge in [-0.25, -0.2) is 4.79 Å². The lowest BCUT2D eigenvalue weighted by Crippen LogP contribution is -2.22. The first-order valence-electron chi connectivity index (χ1n) is 6.01. The van der Waals surface area contributed by atoms with E-state index in [9.17, 15) is 9.59 Å². The van der Waals surface area contributed by atoms with E-state index in [4.69, 9.17) is 5.11 Å². The third-order valence-corrected chi connectivity index (χ3v) is 2.98. The molecule has 0 spiro atoms. The summed E-state index contributed by atoms with van der Waals surface area (Å²) < 4.78 is 1.64. The quantitative estimate of drug-likeness (QED) is 0.900. The molecule has 0 radical (unpaired) electrons. The van der Waals surface area contributed by atoms with Crippen LogP contribution in [-0.4, -0.2) is 15.6 Å². The molecule has 0 saturated carbocycles. The Bertz CT molecular complexity index is 643. The van der Waals surface area contributed by atoms with Gasteiger partial charge in [0.15, 0.2) is 0 Å². The molecule has 1 aromatic carbocycles. The Morgan fingerprint density at radius 2 is 2.06 bits per heavy atom. The zero-order valence-corrected chi connectivity index (χ0v) is 10.2. The topological polar surface area (TPSA) is 59.3 Å². The summed E-state index contributed by atoms with van der Waals surface area (Å²) >= 11 is 0. The van der Waals surface area contributed by atoms with Gasteiger partial charge >= 0.3 is 5.97 Å². The van der Waals surface area contributed by atoms with Crippen molar-refractivity contribution in [3.05, 3.63) is 46.2 Å². The highest BCUT2D eigenvalue weighted by molar-refractivity contribution is 6.02. The number of pyridine rings is 1. The number of carboxylic acid groups (broad SMARTS) is 1. The van der Waals surface area contributed by atoms with Gasteiger partial charge in [-0.1, -0.05) is 31.5 Å². The lowest BCUT2D eigenvalue weighted by molar-refractivity contribution is 0.0698. The molecule has 0 aliphatic carbocycles. The number of hydrogen-bond donors (Lipinski definition) is 1. The maximum atomic E-state index is 12.0. The monoisotopic (exact) mass is 245 g/mol. The normalized spacial score (nSPS) is 10.7. The third kappa shape index (κ3) is 2.14. The van der Waals surface area contributed by atoms with Crippen molar-refractivity contribution < 1.29 is 9.90 Å². The summed E-state index contributed by atoms with van der Waals surface area (Å²) in [7, 11) is 0. The second-order valence-corrected chi connectivity index (χ2v) is 4.22. The van der Waals surface area contributed by atoms with Crippen LogP contribution < -0.4 is 5.56 Å². The lowest BCUT2D eigenvalue weighted by atomic mass is 10.1. The Hall–Kier alpha value is -2.10. The first-order valence-corrected chi connectivity index (χ1v) is 6.01. The van der Waals surface area contributed by atoms with E-state index in [2.05, 4.69) is 6.92 Å². The smallest absolute Gasteiger partial charge is 0.336 e. The van der Waals surface area contributed by atoms with E-state index in [1.807, 2.05) is 6.07 Å². The van der Waals surface area contributed by atoms with Gasteiger partial charge in [0.05, 0.1) is 11.1 Å². The van der Waals surface area contributed by atoms with E-state index in [1.54, 1.807) is 22.8 Å². The Labute approximate surface area is 104 Å². The van der Waals surface area contributed by atoms with Crippen molar-refractivity contribution in [2.75, 3.05) is 0 Å². The highest BCUT2D eigenvalue weighted by Crippen LogP contribution is 2.17. The van der Waals surface area contributed by atoms with Gasteiger partial charge in [0.2, 0.25) is 0 Å². The van der Waals surface area contributed by atoms with Crippen LogP contribution >= 0.6 is 0 Å². The molecule has 1 aromatic heterocycles. The Morgan fingerprint density at radius 1 is 1.33 bits per heavy atom. The molecule has 0 atom stereocenters. The van der Waals surface area contributed by atoms with E-state index >= 15 is 0 Å². The molecule has 0 aliphatic rings. The van der Waals surface area contributed by atoms with Crippen molar-refractivity contribution in [2.24, 2.45) is 0 Å². The first kappa shape index (κ1) is 12.4. The minimum atomic E-state index is -1.06. The predicted octanol–water partition coefficient (Wildman–Crippen LogP) is 2.50. The summed E-state index contributed by atoms with van der Waals surface area (Å²) in [6.07, 6.45) is 1.89. The number of rotatable bonds is 4. The van der Waals surface area contributed by atoms with Gasteiger partial charge in [-0.15, -0.1) is 0 Å². The molecule has 4 heteroatoms. The predicted molar refractivity (Wildman–Crippen MR) is 70.1 cm³/mol. The minimum Gasteiger partial charge on any atom is -0.478 e. The molecule has 1 N–H and O–H groups in total. The number of benzene rings is 1. The van der Waals surface area contributed by atoms with Crippen LogP contribution in [0.2, 0.25) is 0 Å². The van der Waals surface area contributed by atoms with Crippen molar-refractivity contribution in [3.63, 3.8) is 0 Å². The maximum Gasteiger partial charge on any atom is 0.336 e. The molecule has 18 heavy (non-hydrogen) atoms. The molecule has 2 rings (SSSR count). The van der Waals surface area contributed by atoms with Crippen molar-refractivity contribution in [3.8, 4) is 0 Å². The summed E-state index contributed by atoms with van der Waals surface area (Å²) in [5.41, 5.74) is 0.513. The SMILES string of the molecule is CCCCn1c(=O)cc(C(=O)O)c2ccccc21. The van der Waals surface area contributed by atoms with E-state index in [0.717, 1.165) is 12.8 Å². The number of aryl methyl sites for hydroxylation is 1. The van der Waals surface area contributed by atoms with Gasteiger partial charge in [-0.05, 0) is 12.5 Å². The fraction of sp³-hybridized carbons (Fsp3) is 0.286. The number of para-hydroxylation sites is 1. The largest absolute Gasteiger partial charge is 0.478 e. The number of carboxylic acids is 1. The highest BCUT2D eigenvalue weighted by atomic mass is 16.4. The van der Waals surface area contributed by atoms with Gasteiger partial charge in [0, 0.05) is 18.0 Å². The van der Waals surface area contributed by atoms with Crippen LogP contribution in [0.25, 0.3) is 10.9 Å². The molecular formula is C14H15NO3. The number of aromatic carboxylic acids is 1. The maximum absolute atomic E-state index is 12.0. The van der Waals surface area contributed by atoms with Crippen molar-refractivity contribution in [1.29, 1.82) is 0 Å². The van der Waals surface area contributed by atoms with Crippen LogP contribution in [0.3, 0.4) is 0 Å². The molecule has 0 bridgehead atoms. The second-order valence-electron chi connectivity index (χ2n) is 4.22. The molecule has 0 amide bonds. The minimum absolute atomic E-state index is 0.0725. The summed E-state index contributed by atoms with van der Waals surface area (Å²) in [6.45, 7) is 2.68. The molecule has 4 nitrogen and oxygen atoms in total. The van der Waals surface area contributed by atoms with Crippen LogP contribution in [-0.2, 0) is 6.54 Å². The standard InChI is InChI=1S/C14H15NO3/c1-2-3-8-15-12-7-5-4-6-10(12)11(14(17)18)9-13(15)16/h4-7,9H,2-3,8H2,1H3,(H,17,18). The molecule has 0 aliphatic heterocycles. The van der Waals surface area contributed by atoms with Gasteiger partial charge in [0.25, 0.3) is 5.56 Å². The Balaban J connectivity index is 2.73. The van der Waals surface area contributed by atoms with Crippen LogP contribution in [0.1, 0.15) is 30.1 Å². The number of unbranched alkanes of at least 4 members (excludes halogenated alkanes) is 1. The fourth-order valence-electron chi connectivity index (χ4n) is 2.06. The van der Waals surface area contributed by atoms with E-state index < -0.39 is 5.97 Å². The molecule has 0 fully saturated rings. The number of carbonyl (C=O) groups is 1. The van der Waals surface area contributed by atoms with Gasteiger partial charge in [-0.3, -0.25) is 4.79 Å². The molecular weight excluding hydrogens is 230 g/mol. The molecule has 0 saturated heterocycles. The highest BCUT2D eigenvalue weighted by Gasteiger charge is 2.12. The lowest BCUT2D eigenvalue weighted by Gasteiger charge is -2.11. The van der Waals surface area contributed by atoms with Crippen molar-refractivity contribution in [2.45, 2.75) is 26.3 Å². The van der Waals surface area contributed by atoms with E-state index in [0.29, 0.717) is 17.4 Å². The molecule has 94 valence electrons. The van der Waals surface area contributed by atoms with Crippen LogP contribution in [0.4, 0.5) is 0 Å². The van der Waals surface area contributed by atoms with Crippen LogP contribution in [0, 0.1) is 0 Å². The van der Waals surface area contributed by atoms with Crippen LogP contribution in [0.5, 0.6) is 0 Å². The fourth-order valence-corrected chi connectivity index (χ4v) is 2.06. The van der Waals surface area contributed by atoms with E-state index in [-0.39, 0.29) is 11.1 Å². The second kappa shape index (κ2) is 5.04. The van der Waals surface area contributed by atoms with Crippen LogP contribution in [0.15, 0.2) is 35.1 Å². The summed E-state index contributed by atoms with van der Waals surface area (Å²) in [6, 6.07) is 8.33. The van der Waals surface area contributed by atoms with Crippen molar-refractivity contribution >= 4 is 16.9 Å². The van der Waals surface area contributed by atoms with Gasteiger partial charge in [-0.2, -0.15) is 0 Å². The number of nitrogens with zero attached hydrogens (tertiary/aromatic N) is 1. The number of fused-ring (bicyclic) bond motifs is 1. The Kier molecular flexibility index (Phi) is 3.46. The van der Waals surface area contributed by atoms with E-state index in [1.165, 1.54) is 6.07 Å². The number of hydrogen-bond acceptors (Lipinski definition) is 2. The van der Waals surface area contributed by atoms with Gasteiger partial charge in [0.1, 0.15) is 0 Å². The molecule has 1 heterocycles. The zero-order chi connectivity index (χ0) is 13.1. The average Bonchev–Trinajstić information content (AvgIpc) is 2.36. The first-order chi connectivity index (χ1) is 8.65. The third-order valence-electron chi connectivity index (χ3n) is 2.98. The zero-order valence-electron chi connectivity index (χ0n) is 10.2. The average molecular weight is 245 g/mol.